The van der Waals surface area contributed by atoms with Crippen molar-refractivity contribution in [3.63, 3.8) is 0 Å². The quantitative estimate of drug-likeness (QED) is 0.713. The fourth-order valence-corrected chi connectivity index (χ4v) is 1.90. The fraction of sp³-hybridized carbons (Fsp3) is 0.500. The highest BCUT2D eigenvalue weighted by Crippen LogP contribution is 2.18. The van der Waals surface area contributed by atoms with Crippen LogP contribution in [0, 0.1) is 11.8 Å². The predicted octanol–water partition coefficient (Wildman–Crippen LogP) is 3.06. The van der Waals surface area contributed by atoms with Crippen LogP contribution in [0.1, 0.15) is 25.8 Å². The third-order valence-corrected chi connectivity index (χ3v) is 2.62. The number of ether oxygens (including phenoxy) is 1. The molecule has 1 aromatic rings. The Labute approximate surface area is 97.6 Å². The van der Waals surface area contributed by atoms with Crippen molar-refractivity contribution in [2.45, 2.75) is 26.7 Å². The van der Waals surface area contributed by atoms with Crippen LogP contribution in [0.4, 0.5) is 0 Å². The lowest BCUT2D eigenvalue weighted by Crippen LogP contribution is -2.20. The van der Waals surface area contributed by atoms with Gasteiger partial charge in [0.25, 0.3) is 0 Å². The first kappa shape index (κ1) is 12.8. The molecule has 0 saturated heterocycles. The summed E-state index contributed by atoms with van der Waals surface area (Å²) in [4.78, 5) is 11.6. The highest BCUT2D eigenvalue weighted by Gasteiger charge is 2.20. The van der Waals surface area contributed by atoms with Crippen LogP contribution in [-0.4, -0.2) is 13.1 Å². The van der Waals surface area contributed by atoms with Gasteiger partial charge in [-0.1, -0.05) is 44.2 Å². The highest BCUT2D eigenvalue weighted by molar-refractivity contribution is 5.72. The number of carbonyl (C=O) groups excluding carboxylic acids is 1. The number of hydrogen-bond donors (Lipinski definition) is 0. The van der Waals surface area contributed by atoms with E-state index >= 15 is 0 Å². The molecule has 0 aliphatic carbocycles. The summed E-state index contributed by atoms with van der Waals surface area (Å²) < 4.78 is 4.85. The molecule has 2 nitrogen and oxygen atoms in total. The molecule has 0 aliphatic rings. The zero-order valence-corrected chi connectivity index (χ0v) is 10.3. The van der Waals surface area contributed by atoms with Gasteiger partial charge >= 0.3 is 5.97 Å². The van der Waals surface area contributed by atoms with Gasteiger partial charge in [-0.2, -0.15) is 0 Å². The minimum atomic E-state index is -0.0995. The van der Waals surface area contributed by atoms with Crippen molar-refractivity contribution in [1.29, 1.82) is 0 Å². The third kappa shape index (κ3) is 4.05. The van der Waals surface area contributed by atoms with E-state index < -0.39 is 0 Å². The molecule has 1 aromatic carbocycles. The van der Waals surface area contributed by atoms with Gasteiger partial charge in [-0.05, 0) is 24.3 Å². The normalized spacial score (nSPS) is 12.5. The third-order valence-electron chi connectivity index (χ3n) is 2.62. The van der Waals surface area contributed by atoms with Crippen LogP contribution in [0.5, 0.6) is 0 Å². The molecule has 1 rings (SSSR count). The summed E-state index contributed by atoms with van der Waals surface area (Å²) in [5.41, 5.74) is 1.19. The van der Waals surface area contributed by atoms with E-state index in [0.29, 0.717) is 5.92 Å². The maximum absolute atomic E-state index is 11.6. The number of hydrogen-bond acceptors (Lipinski definition) is 2. The second-order valence-corrected chi connectivity index (χ2v) is 4.54. The first-order valence-corrected chi connectivity index (χ1v) is 5.75. The molecule has 0 radical (unpaired) electrons. The Kier molecular flexibility index (Phi) is 5.03. The molecule has 88 valence electrons. The first-order valence-electron chi connectivity index (χ1n) is 5.75. The summed E-state index contributed by atoms with van der Waals surface area (Å²) >= 11 is 0. The van der Waals surface area contributed by atoms with Crippen LogP contribution in [-0.2, 0) is 16.0 Å². The summed E-state index contributed by atoms with van der Waals surface area (Å²) in [6.45, 7) is 4.25. The van der Waals surface area contributed by atoms with Gasteiger partial charge < -0.3 is 4.74 Å². The van der Waals surface area contributed by atoms with Crippen LogP contribution in [0.25, 0.3) is 0 Å². The summed E-state index contributed by atoms with van der Waals surface area (Å²) in [6, 6.07) is 10.1. The number of carbonyl (C=O) groups is 1. The topological polar surface area (TPSA) is 26.3 Å². The van der Waals surface area contributed by atoms with E-state index in [2.05, 4.69) is 26.0 Å². The Morgan fingerprint density at radius 3 is 2.38 bits per heavy atom. The molecule has 1 atom stereocenters. The molecule has 0 spiro atoms. The van der Waals surface area contributed by atoms with E-state index in [1.807, 2.05) is 18.2 Å². The molecule has 0 saturated carbocycles. The van der Waals surface area contributed by atoms with E-state index in [4.69, 9.17) is 4.74 Å². The van der Waals surface area contributed by atoms with Crippen LogP contribution in [0.15, 0.2) is 30.3 Å². The molecule has 0 N–H and O–H groups in total. The van der Waals surface area contributed by atoms with Crippen molar-refractivity contribution in [1.82, 2.24) is 0 Å². The van der Waals surface area contributed by atoms with Crippen molar-refractivity contribution < 1.29 is 9.53 Å². The van der Waals surface area contributed by atoms with Crippen LogP contribution in [0.2, 0.25) is 0 Å². The van der Waals surface area contributed by atoms with E-state index in [1.54, 1.807) is 0 Å². The average molecular weight is 220 g/mol. The number of rotatable bonds is 5. The molecular formula is C14H20O2. The van der Waals surface area contributed by atoms with Gasteiger partial charge in [0.05, 0.1) is 13.0 Å². The number of methoxy groups -OCH3 is 1. The van der Waals surface area contributed by atoms with Gasteiger partial charge in [0.15, 0.2) is 0 Å². The van der Waals surface area contributed by atoms with Gasteiger partial charge in [-0.25, -0.2) is 0 Å². The highest BCUT2D eigenvalue weighted by atomic mass is 16.5. The second kappa shape index (κ2) is 6.31. The second-order valence-electron chi connectivity index (χ2n) is 4.54. The van der Waals surface area contributed by atoms with Crippen molar-refractivity contribution in [3.05, 3.63) is 35.9 Å². The Morgan fingerprint density at radius 1 is 1.25 bits per heavy atom. The fourth-order valence-electron chi connectivity index (χ4n) is 1.90. The lowest BCUT2D eigenvalue weighted by molar-refractivity contribution is -0.146. The van der Waals surface area contributed by atoms with Crippen molar-refractivity contribution in [3.8, 4) is 0 Å². The maximum atomic E-state index is 11.6. The number of benzene rings is 1. The molecule has 0 amide bonds. The largest absolute Gasteiger partial charge is 0.469 e. The van der Waals surface area contributed by atoms with Gasteiger partial charge in [0.2, 0.25) is 0 Å². The van der Waals surface area contributed by atoms with Crippen molar-refractivity contribution in [2.75, 3.05) is 7.11 Å². The van der Waals surface area contributed by atoms with Gasteiger partial charge in [0.1, 0.15) is 0 Å². The van der Waals surface area contributed by atoms with E-state index in [-0.39, 0.29) is 11.9 Å². The van der Waals surface area contributed by atoms with Crippen LogP contribution >= 0.6 is 0 Å². The lowest BCUT2D eigenvalue weighted by atomic mass is 9.91. The molecule has 0 fully saturated rings. The lowest BCUT2D eigenvalue weighted by Gasteiger charge is -2.16. The van der Waals surface area contributed by atoms with E-state index in [0.717, 1.165) is 12.8 Å². The van der Waals surface area contributed by atoms with Crippen molar-refractivity contribution in [2.24, 2.45) is 11.8 Å². The molecule has 0 aromatic heterocycles. The Hall–Kier alpha value is -1.31. The van der Waals surface area contributed by atoms with E-state index in [9.17, 15) is 4.79 Å². The molecule has 0 aliphatic heterocycles. The summed E-state index contributed by atoms with van der Waals surface area (Å²) in [6.07, 6.45) is 1.65. The van der Waals surface area contributed by atoms with Crippen molar-refractivity contribution >= 4 is 5.97 Å². The summed E-state index contributed by atoms with van der Waals surface area (Å²) in [7, 11) is 1.46. The Bertz CT molecular complexity index is 317. The summed E-state index contributed by atoms with van der Waals surface area (Å²) in [5.74, 6) is 0.387. The first-order chi connectivity index (χ1) is 7.63. The molecule has 1 unspecified atom stereocenters. The van der Waals surface area contributed by atoms with E-state index in [1.165, 1.54) is 12.7 Å². The number of esters is 1. The average Bonchev–Trinajstić information content (AvgIpc) is 2.28. The zero-order chi connectivity index (χ0) is 12.0. The zero-order valence-electron chi connectivity index (χ0n) is 10.3. The maximum Gasteiger partial charge on any atom is 0.308 e. The Morgan fingerprint density at radius 2 is 1.88 bits per heavy atom. The molecule has 0 bridgehead atoms. The van der Waals surface area contributed by atoms with Crippen LogP contribution < -0.4 is 0 Å². The minimum absolute atomic E-state index is 0.0209. The van der Waals surface area contributed by atoms with Gasteiger partial charge in [0, 0.05) is 0 Å². The minimum Gasteiger partial charge on any atom is -0.469 e. The SMILES string of the molecule is COC(=O)C(Cc1ccccc1)CC(C)C. The van der Waals surface area contributed by atoms with Crippen LogP contribution in [0.3, 0.4) is 0 Å². The smallest absolute Gasteiger partial charge is 0.308 e. The molecular weight excluding hydrogens is 200 g/mol. The molecule has 0 heterocycles. The van der Waals surface area contributed by atoms with Gasteiger partial charge in [-0.3, -0.25) is 4.79 Å². The molecule has 16 heavy (non-hydrogen) atoms. The molecule has 2 heteroatoms. The Balaban J connectivity index is 2.67. The predicted molar refractivity (Wildman–Crippen MR) is 65.1 cm³/mol. The summed E-state index contributed by atoms with van der Waals surface area (Å²) in [5, 5.41) is 0. The van der Waals surface area contributed by atoms with Gasteiger partial charge in [-0.15, -0.1) is 0 Å². The monoisotopic (exact) mass is 220 g/mol. The standard InChI is InChI=1S/C14H20O2/c1-11(2)9-13(14(15)16-3)10-12-7-5-4-6-8-12/h4-8,11,13H,9-10H2,1-3H3.